The zero-order valence-electron chi connectivity index (χ0n) is 8.16. The van der Waals surface area contributed by atoms with Gasteiger partial charge in [0.05, 0.1) is 11.6 Å². The van der Waals surface area contributed by atoms with Crippen LogP contribution in [0.2, 0.25) is 0 Å². The molecule has 2 heteroatoms. The predicted octanol–water partition coefficient (Wildman–Crippen LogP) is 3.01. The summed E-state index contributed by atoms with van der Waals surface area (Å²) in [5, 5.41) is 8.83. The molecule has 1 rings (SSSR count). The Morgan fingerprint density at radius 3 is 2.08 bits per heavy atom. The van der Waals surface area contributed by atoms with Gasteiger partial charge in [0.25, 0.3) is 0 Å². The van der Waals surface area contributed by atoms with Gasteiger partial charge in [0, 0.05) is 0 Å². The minimum absolute atomic E-state index is 0. The quantitative estimate of drug-likeness (QED) is 0.600. The van der Waals surface area contributed by atoms with Crippen LogP contribution in [-0.4, -0.2) is 0 Å². The molecule has 0 amide bonds. The van der Waals surface area contributed by atoms with E-state index in [-0.39, 0.29) is 10.1 Å². The summed E-state index contributed by atoms with van der Waals surface area (Å²) in [6, 6.07) is 9.95. The van der Waals surface area contributed by atoms with Gasteiger partial charge in [-0.15, -0.1) is 0 Å². The fourth-order valence-electron chi connectivity index (χ4n) is 1.23. The smallest absolute Gasteiger partial charge is 0.0994 e. The van der Waals surface area contributed by atoms with Crippen molar-refractivity contribution in [1.29, 1.82) is 5.26 Å². The normalized spacial score (nSPS) is 10.0. The van der Waals surface area contributed by atoms with E-state index in [0.717, 1.165) is 11.1 Å². The first-order valence-corrected chi connectivity index (χ1v) is 4.05. The molecule has 0 spiro atoms. The monoisotopic (exact) mass is 179 g/mol. The maximum atomic E-state index is 8.83. The zero-order valence-corrected chi connectivity index (χ0v) is 8.16. The summed E-state index contributed by atoms with van der Waals surface area (Å²) in [6.07, 6.45) is 0. The molecule has 0 radical (unpaired) electrons. The Labute approximate surface area is 78.4 Å². The number of hydrogen-bond acceptors (Lipinski definition) is 1. The van der Waals surface area contributed by atoms with Crippen molar-refractivity contribution >= 4 is 0 Å². The van der Waals surface area contributed by atoms with Crippen molar-refractivity contribution in [2.24, 2.45) is 0 Å². The first kappa shape index (κ1) is 11.6. The third kappa shape index (κ3) is 2.55. The van der Waals surface area contributed by atoms with E-state index >= 15 is 0 Å². The van der Waals surface area contributed by atoms with Crippen LogP contribution in [0.1, 0.15) is 31.9 Å². The standard InChI is InChI=1S/C11H13N.FH/c1-11(2,3)10-7-5-4-6-9(10)8-12;/h4-7H,1-3H3;1H. The summed E-state index contributed by atoms with van der Waals surface area (Å²) in [5.41, 5.74) is 1.96. The largest absolute Gasteiger partial charge is 0.269 e. The van der Waals surface area contributed by atoms with E-state index in [0.29, 0.717) is 0 Å². The molecule has 1 nitrogen and oxygen atoms in total. The van der Waals surface area contributed by atoms with Crippen LogP contribution in [0.4, 0.5) is 4.70 Å². The minimum Gasteiger partial charge on any atom is -0.269 e. The summed E-state index contributed by atoms with van der Waals surface area (Å²) in [6.45, 7) is 6.34. The fraction of sp³-hybridized carbons (Fsp3) is 0.364. The van der Waals surface area contributed by atoms with E-state index in [9.17, 15) is 0 Å². The molecule has 70 valence electrons. The predicted molar refractivity (Wildman–Crippen MR) is 52.4 cm³/mol. The van der Waals surface area contributed by atoms with Gasteiger partial charge in [-0.25, -0.2) is 0 Å². The van der Waals surface area contributed by atoms with Gasteiger partial charge in [-0.05, 0) is 17.0 Å². The average molecular weight is 179 g/mol. The molecular weight excluding hydrogens is 165 g/mol. The summed E-state index contributed by atoms with van der Waals surface area (Å²) < 4.78 is 0. The van der Waals surface area contributed by atoms with Gasteiger partial charge in [-0.3, -0.25) is 4.70 Å². The zero-order chi connectivity index (χ0) is 9.19. The van der Waals surface area contributed by atoms with Crippen LogP contribution in [0, 0.1) is 11.3 Å². The molecule has 0 saturated heterocycles. The highest BCUT2D eigenvalue weighted by Crippen LogP contribution is 2.24. The fourth-order valence-corrected chi connectivity index (χ4v) is 1.23. The number of halogens is 1. The molecule has 1 aromatic carbocycles. The molecule has 0 atom stereocenters. The number of hydrogen-bond donors (Lipinski definition) is 0. The van der Waals surface area contributed by atoms with E-state index in [1.807, 2.05) is 24.3 Å². The SMILES string of the molecule is CC(C)(C)c1ccccc1C#N.F. The highest BCUT2D eigenvalue weighted by atomic mass is 19.0. The van der Waals surface area contributed by atoms with Crippen molar-refractivity contribution in [2.45, 2.75) is 26.2 Å². The highest BCUT2D eigenvalue weighted by Gasteiger charge is 2.16. The maximum Gasteiger partial charge on any atom is 0.0994 e. The van der Waals surface area contributed by atoms with Crippen molar-refractivity contribution in [3.63, 3.8) is 0 Å². The maximum absolute atomic E-state index is 8.83. The lowest BCUT2D eigenvalue weighted by Crippen LogP contribution is -2.12. The Balaban J connectivity index is 0.00000144. The summed E-state index contributed by atoms with van der Waals surface area (Å²) in [5.74, 6) is 0. The molecule has 0 heterocycles. The van der Waals surface area contributed by atoms with E-state index in [1.165, 1.54) is 0 Å². The van der Waals surface area contributed by atoms with Crippen molar-refractivity contribution in [1.82, 2.24) is 0 Å². The first-order chi connectivity index (χ1) is 5.55. The third-order valence-electron chi connectivity index (χ3n) is 1.86. The number of benzene rings is 1. The van der Waals surface area contributed by atoms with E-state index in [4.69, 9.17) is 5.26 Å². The second-order valence-corrected chi connectivity index (χ2v) is 3.91. The molecule has 0 unspecified atom stereocenters. The second-order valence-electron chi connectivity index (χ2n) is 3.91. The number of nitriles is 1. The number of rotatable bonds is 0. The van der Waals surface area contributed by atoms with Crippen molar-refractivity contribution < 1.29 is 4.70 Å². The van der Waals surface area contributed by atoms with Gasteiger partial charge in [-0.2, -0.15) is 5.26 Å². The topological polar surface area (TPSA) is 23.8 Å². The molecule has 0 N–H and O–H groups in total. The van der Waals surface area contributed by atoms with Gasteiger partial charge < -0.3 is 0 Å². The molecule has 0 fully saturated rings. The lowest BCUT2D eigenvalue weighted by atomic mass is 9.84. The summed E-state index contributed by atoms with van der Waals surface area (Å²) in [7, 11) is 0. The molecule has 0 saturated carbocycles. The van der Waals surface area contributed by atoms with Crippen LogP contribution in [0.5, 0.6) is 0 Å². The summed E-state index contributed by atoms with van der Waals surface area (Å²) >= 11 is 0. The van der Waals surface area contributed by atoms with Crippen molar-refractivity contribution in [2.75, 3.05) is 0 Å². The lowest BCUT2D eigenvalue weighted by molar-refractivity contribution is 0.588. The Morgan fingerprint density at radius 1 is 1.15 bits per heavy atom. The Bertz CT molecular complexity index is 318. The third-order valence-corrected chi connectivity index (χ3v) is 1.86. The van der Waals surface area contributed by atoms with Crippen LogP contribution in [0.3, 0.4) is 0 Å². The molecule has 13 heavy (non-hydrogen) atoms. The van der Waals surface area contributed by atoms with E-state index in [2.05, 4.69) is 26.8 Å². The Hall–Kier alpha value is -1.36. The molecule has 0 aliphatic heterocycles. The molecule has 0 aliphatic rings. The van der Waals surface area contributed by atoms with Gasteiger partial charge in [0.2, 0.25) is 0 Å². The molecule has 0 aromatic heterocycles. The van der Waals surface area contributed by atoms with Crippen LogP contribution in [0.25, 0.3) is 0 Å². The van der Waals surface area contributed by atoms with Crippen molar-refractivity contribution in [3.8, 4) is 6.07 Å². The minimum atomic E-state index is 0. The Morgan fingerprint density at radius 2 is 1.69 bits per heavy atom. The van der Waals surface area contributed by atoms with Crippen molar-refractivity contribution in [3.05, 3.63) is 35.4 Å². The average Bonchev–Trinajstić information content (AvgIpc) is 2.03. The van der Waals surface area contributed by atoms with Crippen LogP contribution in [-0.2, 0) is 5.41 Å². The molecule has 0 aliphatic carbocycles. The second kappa shape index (κ2) is 4.04. The number of nitrogens with zero attached hydrogens (tertiary/aromatic N) is 1. The van der Waals surface area contributed by atoms with E-state index in [1.54, 1.807) is 0 Å². The van der Waals surface area contributed by atoms with Gasteiger partial charge in [-0.1, -0.05) is 39.0 Å². The molecule has 1 aromatic rings. The lowest BCUT2D eigenvalue weighted by Gasteiger charge is -2.19. The molecule has 0 bridgehead atoms. The summed E-state index contributed by atoms with van der Waals surface area (Å²) in [4.78, 5) is 0. The van der Waals surface area contributed by atoms with Gasteiger partial charge >= 0.3 is 0 Å². The first-order valence-electron chi connectivity index (χ1n) is 4.05. The van der Waals surface area contributed by atoms with E-state index < -0.39 is 0 Å². The van der Waals surface area contributed by atoms with Crippen LogP contribution >= 0.6 is 0 Å². The molecular formula is C11H14FN. The van der Waals surface area contributed by atoms with Crippen LogP contribution < -0.4 is 0 Å². The van der Waals surface area contributed by atoms with Crippen LogP contribution in [0.15, 0.2) is 24.3 Å². The Kier molecular flexibility index (Phi) is 3.62. The van der Waals surface area contributed by atoms with Gasteiger partial charge in [0.15, 0.2) is 0 Å². The van der Waals surface area contributed by atoms with Gasteiger partial charge in [0.1, 0.15) is 0 Å². The highest BCUT2D eigenvalue weighted by molar-refractivity contribution is 5.41.